The van der Waals surface area contributed by atoms with Gasteiger partial charge in [-0.15, -0.1) is 0 Å². The highest BCUT2D eigenvalue weighted by Crippen LogP contribution is 2.10. The standard InChI is InChI=1S/C10H16N4O3/c1-9-8-10(14(15)16)11-13(9)3-2-12-4-6-17-7-5-12/h8H,2-7H2,1H3. The van der Waals surface area contributed by atoms with Crippen molar-refractivity contribution in [2.75, 3.05) is 32.8 Å². The van der Waals surface area contributed by atoms with Crippen molar-refractivity contribution in [3.63, 3.8) is 0 Å². The molecule has 0 spiro atoms. The number of hydrogen-bond acceptors (Lipinski definition) is 5. The number of nitrogens with zero attached hydrogens (tertiary/aromatic N) is 4. The van der Waals surface area contributed by atoms with E-state index in [1.54, 1.807) is 4.68 Å². The van der Waals surface area contributed by atoms with Crippen LogP contribution in [0, 0.1) is 17.0 Å². The van der Waals surface area contributed by atoms with Crippen molar-refractivity contribution in [3.05, 3.63) is 21.9 Å². The van der Waals surface area contributed by atoms with Crippen LogP contribution in [0.4, 0.5) is 5.82 Å². The fraction of sp³-hybridized carbons (Fsp3) is 0.700. The topological polar surface area (TPSA) is 73.4 Å². The van der Waals surface area contributed by atoms with Gasteiger partial charge in [0.25, 0.3) is 0 Å². The highest BCUT2D eigenvalue weighted by molar-refractivity contribution is 5.20. The summed E-state index contributed by atoms with van der Waals surface area (Å²) in [4.78, 5) is 12.4. The van der Waals surface area contributed by atoms with Gasteiger partial charge in [-0.05, 0) is 11.8 Å². The highest BCUT2D eigenvalue weighted by Gasteiger charge is 2.16. The average molecular weight is 240 g/mol. The molecule has 0 saturated carbocycles. The molecule has 0 bridgehead atoms. The monoisotopic (exact) mass is 240 g/mol. The maximum Gasteiger partial charge on any atom is 0.390 e. The Morgan fingerprint density at radius 1 is 1.47 bits per heavy atom. The van der Waals surface area contributed by atoms with E-state index < -0.39 is 4.92 Å². The number of nitro groups is 1. The molecule has 0 unspecified atom stereocenters. The first-order valence-corrected chi connectivity index (χ1v) is 5.66. The van der Waals surface area contributed by atoms with Gasteiger partial charge in [-0.2, -0.15) is 4.68 Å². The molecule has 0 atom stereocenters. The zero-order valence-electron chi connectivity index (χ0n) is 9.83. The third-order valence-electron chi connectivity index (χ3n) is 2.89. The lowest BCUT2D eigenvalue weighted by molar-refractivity contribution is -0.389. The first kappa shape index (κ1) is 12.0. The van der Waals surface area contributed by atoms with Crippen LogP contribution in [0.1, 0.15) is 5.69 Å². The van der Waals surface area contributed by atoms with Gasteiger partial charge in [-0.1, -0.05) is 0 Å². The van der Waals surface area contributed by atoms with Gasteiger partial charge in [-0.3, -0.25) is 4.90 Å². The Morgan fingerprint density at radius 2 is 2.18 bits per heavy atom. The fourth-order valence-electron chi connectivity index (χ4n) is 1.87. The number of hydrogen-bond donors (Lipinski definition) is 0. The lowest BCUT2D eigenvalue weighted by Gasteiger charge is -2.26. The molecule has 0 aliphatic carbocycles. The van der Waals surface area contributed by atoms with Crippen LogP contribution < -0.4 is 0 Å². The Hall–Kier alpha value is -1.47. The Bertz CT molecular complexity index is 398. The zero-order chi connectivity index (χ0) is 12.3. The van der Waals surface area contributed by atoms with E-state index in [9.17, 15) is 10.1 Å². The van der Waals surface area contributed by atoms with Crippen molar-refractivity contribution < 1.29 is 9.66 Å². The van der Waals surface area contributed by atoms with Crippen LogP contribution in [0.2, 0.25) is 0 Å². The van der Waals surface area contributed by atoms with Crippen molar-refractivity contribution in [1.29, 1.82) is 0 Å². The van der Waals surface area contributed by atoms with Gasteiger partial charge in [-0.25, -0.2) is 0 Å². The summed E-state index contributed by atoms with van der Waals surface area (Å²) in [5.41, 5.74) is 0.824. The molecule has 0 aromatic carbocycles. The van der Waals surface area contributed by atoms with E-state index in [0.29, 0.717) is 6.54 Å². The second kappa shape index (κ2) is 5.24. The van der Waals surface area contributed by atoms with E-state index in [-0.39, 0.29) is 5.82 Å². The van der Waals surface area contributed by atoms with Gasteiger partial charge in [0.05, 0.1) is 36.6 Å². The van der Waals surface area contributed by atoms with Gasteiger partial charge >= 0.3 is 5.82 Å². The van der Waals surface area contributed by atoms with Gasteiger partial charge in [0.1, 0.15) is 0 Å². The molecular formula is C10H16N4O3. The first-order chi connectivity index (χ1) is 8.16. The summed E-state index contributed by atoms with van der Waals surface area (Å²) in [6.45, 7) is 6.73. The van der Waals surface area contributed by atoms with E-state index in [1.165, 1.54) is 6.07 Å². The maximum absolute atomic E-state index is 10.6. The predicted octanol–water partition coefficient (Wildman–Crippen LogP) is 0.432. The Labute approximate surface area is 99.1 Å². The largest absolute Gasteiger partial charge is 0.390 e. The summed E-state index contributed by atoms with van der Waals surface area (Å²) in [5, 5.41) is 14.5. The summed E-state index contributed by atoms with van der Waals surface area (Å²) in [6.07, 6.45) is 0. The minimum absolute atomic E-state index is 0.0792. The van der Waals surface area contributed by atoms with Gasteiger partial charge < -0.3 is 14.9 Å². The van der Waals surface area contributed by atoms with Gasteiger partial charge in [0.2, 0.25) is 0 Å². The summed E-state index contributed by atoms with van der Waals surface area (Å²) in [5.74, 6) is -0.0792. The van der Waals surface area contributed by atoms with E-state index in [2.05, 4.69) is 10.00 Å². The van der Waals surface area contributed by atoms with Gasteiger partial charge in [0.15, 0.2) is 0 Å². The van der Waals surface area contributed by atoms with E-state index in [4.69, 9.17) is 4.74 Å². The summed E-state index contributed by atoms with van der Waals surface area (Å²) in [6, 6.07) is 1.50. The summed E-state index contributed by atoms with van der Waals surface area (Å²) in [7, 11) is 0. The second-order valence-corrected chi connectivity index (χ2v) is 4.08. The van der Waals surface area contributed by atoms with Crippen LogP contribution in [0.15, 0.2) is 6.07 Å². The van der Waals surface area contributed by atoms with Crippen LogP contribution >= 0.6 is 0 Å². The highest BCUT2D eigenvalue weighted by atomic mass is 16.6. The van der Waals surface area contributed by atoms with E-state index >= 15 is 0 Å². The zero-order valence-corrected chi connectivity index (χ0v) is 9.83. The molecule has 1 aromatic heterocycles. The second-order valence-electron chi connectivity index (χ2n) is 4.08. The third kappa shape index (κ3) is 3.01. The van der Waals surface area contributed by atoms with Crippen LogP contribution in [-0.2, 0) is 11.3 Å². The first-order valence-electron chi connectivity index (χ1n) is 5.66. The molecule has 17 heavy (non-hydrogen) atoms. The molecule has 94 valence electrons. The predicted molar refractivity (Wildman–Crippen MR) is 60.9 cm³/mol. The fourth-order valence-corrected chi connectivity index (χ4v) is 1.87. The van der Waals surface area contributed by atoms with Crippen molar-refractivity contribution in [2.24, 2.45) is 0 Å². The van der Waals surface area contributed by atoms with E-state index in [0.717, 1.165) is 38.5 Å². The SMILES string of the molecule is Cc1cc([N+](=O)[O-])nn1CCN1CCOCC1. The molecule has 7 nitrogen and oxygen atoms in total. The molecule has 0 N–H and O–H groups in total. The molecule has 1 aromatic rings. The van der Waals surface area contributed by atoms with Crippen molar-refractivity contribution in [1.82, 2.24) is 14.7 Å². The quantitative estimate of drug-likeness (QED) is 0.563. The molecule has 7 heteroatoms. The molecule has 1 aliphatic heterocycles. The minimum Gasteiger partial charge on any atom is -0.379 e. The average Bonchev–Trinajstić information content (AvgIpc) is 2.70. The van der Waals surface area contributed by atoms with Crippen molar-refractivity contribution in [3.8, 4) is 0 Å². The lowest BCUT2D eigenvalue weighted by atomic mass is 10.4. The molecule has 1 saturated heterocycles. The number of ether oxygens (including phenoxy) is 1. The number of morpholine rings is 1. The Balaban J connectivity index is 1.91. The smallest absolute Gasteiger partial charge is 0.379 e. The molecule has 1 aliphatic rings. The Morgan fingerprint density at radius 3 is 2.76 bits per heavy atom. The molecule has 0 amide bonds. The number of aromatic nitrogens is 2. The van der Waals surface area contributed by atoms with Crippen LogP contribution in [0.5, 0.6) is 0 Å². The van der Waals surface area contributed by atoms with Crippen LogP contribution in [0.3, 0.4) is 0 Å². The van der Waals surface area contributed by atoms with Crippen LogP contribution in [-0.4, -0.2) is 52.5 Å². The van der Waals surface area contributed by atoms with E-state index in [1.807, 2.05) is 6.92 Å². The van der Waals surface area contributed by atoms with Crippen LogP contribution in [0.25, 0.3) is 0 Å². The molecule has 0 radical (unpaired) electrons. The Kier molecular flexibility index (Phi) is 3.70. The third-order valence-corrected chi connectivity index (χ3v) is 2.89. The molecule has 2 rings (SSSR count). The number of rotatable bonds is 4. The minimum atomic E-state index is -0.460. The normalized spacial score (nSPS) is 17.2. The molecular weight excluding hydrogens is 224 g/mol. The summed E-state index contributed by atoms with van der Waals surface area (Å²) >= 11 is 0. The lowest BCUT2D eigenvalue weighted by Crippen LogP contribution is -2.38. The molecule has 1 fully saturated rings. The van der Waals surface area contributed by atoms with Gasteiger partial charge in [0, 0.05) is 19.6 Å². The van der Waals surface area contributed by atoms with Crippen molar-refractivity contribution >= 4 is 5.82 Å². The number of aryl methyl sites for hydroxylation is 1. The molecule has 2 heterocycles. The van der Waals surface area contributed by atoms with Crippen molar-refractivity contribution in [2.45, 2.75) is 13.5 Å². The maximum atomic E-state index is 10.6. The summed E-state index contributed by atoms with van der Waals surface area (Å²) < 4.78 is 6.95.